The van der Waals surface area contributed by atoms with Gasteiger partial charge in [0.2, 0.25) is 5.75 Å². The molecule has 0 unspecified atom stereocenters. The number of hydrogen-bond donors (Lipinski definition) is 4. The molecule has 2 aromatic carbocycles. The fraction of sp³-hybridized carbons (Fsp3) is 0.0714. The highest BCUT2D eigenvalue weighted by Gasteiger charge is 2.08. The van der Waals surface area contributed by atoms with E-state index in [1.54, 1.807) is 0 Å². The van der Waals surface area contributed by atoms with Gasteiger partial charge in [0.15, 0.2) is 11.5 Å². The van der Waals surface area contributed by atoms with Gasteiger partial charge < -0.3 is 15.3 Å². The van der Waals surface area contributed by atoms with Gasteiger partial charge in [0, 0.05) is 5.56 Å². The van der Waals surface area contributed by atoms with E-state index in [9.17, 15) is 15.3 Å². The van der Waals surface area contributed by atoms with Crippen molar-refractivity contribution in [1.29, 1.82) is 0 Å². The fourth-order valence-corrected chi connectivity index (χ4v) is 1.58. The van der Waals surface area contributed by atoms with Gasteiger partial charge in [-0.3, -0.25) is 5.43 Å². The molecule has 0 aliphatic rings. The normalized spacial score (nSPS) is 10.8. The molecule has 98 valence electrons. The lowest BCUT2D eigenvalue weighted by Crippen LogP contribution is -1.91. The summed E-state index contributed by atoms with van der Waals surface area (Å²) in [6, 6.07) is 10.4. The van der Waals surface area contributed by atoms with Gasteiger partial charge >= 0.3 is 0 Å². The number of hydrogen-bond acceptors (Lipinski definition) is 5. The van der Waals surface area contributed by atoms with Gasteiger partial charge in [-0.15, -0.1) is 0 Å². The topological polar surface area (TPSA) is 85.1 Å². The van der Waals surface area contributed by atoms with Gasteiger partial charge in [0.05, 0.1) is 11.9 Å². The average Bonchev–Trinajstić information content (AvgIpc) is 2.39. The summed E-state index contributed by atoms with van der Waals surface area (Å²) in [6.45, 7) is 1.97. The van der Waals surface area contributed by atoms with E-state index in [-0.39, 0.29) is 5.75 Å². The molecule has 2 rings (SSSR count). The van der Waals surface area contributed by atoms with E-state index >= 15 is 0 Å². The van der Waals surface area contributed by atoms with Gasteiger partial charge in [-0.1, -0.05) is 12.1 Å². The number of phenolic OH excluding ortho intramolecular Hbond substituents is 3. The highest BCUT2D eigenvalue weighted by molar-refractivity contribution is 5.86. The summed E-state index contributed by atoms with van der Waals surface area (Å²) >= 11 is 0. The Kier molecular flexibility index (Phi) is 3.56. The van der Waals surface area contributed by atoms with Gasteiger partial charge in [0.1, 0.15) is 0 Å². The molecule has 0 bridgehead atoms. The molecule has 5 nitrogen and oxygen atoms in total. The lowest BCUT2D eigenvalue weighted by molar-refractivity contribution is 0.367. The van der Waals surface area contributed by atoms with Crippen LogP contribution in [0, 0.1) is 6.92 Å². The molecule has 0 radical (unpaired) electrons. The molecule has 0 spiro atoms. The van der Waals surface area contributed by atoms with Crippen LogP contribution in [0.3, 0.4) is 0 Å². The zero-order chi connectivity index (χ0) is 13.8. The third-order valence-corrected chi connectivity index (χ3v) is 2.58. The van der Waals surface area contributed by atoms with Gasteiger partial charge in [-0.2, -0.15) is 5.10 Å². The predicted octanol–water partition coefficient (Wildman–Crippen LogP) is 2.56. The molecule has 0 saturated heterocycles. The van der Waals surface area contributed by atoms with Crippen LogP contribution in [0.5, 0.6) is 17.2 Å². The van der Waals surface area contributed by atoms with Crippen molar-refractivity contribution in [2.75, 3.05) is 5.43 Å². The largest absolute Gasteiger partial charge is 0.504 e. The Balaban J connectivity index is 2.13. The number of aromatic hydroxyl groups is 3. The number of nitrogens with one attached hydrogen (secondary N) is 1. The van der Waals surface area contributed by atoms with Crippen LogP contribution in [0.4, 0.5) is 5.69 Å². The number of aryl methyl sites for hydroxylation is 1. The van der Waals surface area contributed by atoms with E-state index in [1.165, 1.54) is 18.3 Å². The van der Waals surface area contributed by atoms with Crippen LogP contribution in [0.15, 0.2) is 41.5 Å². The number of anilines is 1. The summed E-state index contributed by atoms with van der Waals surface area (Å²) in [5.41, 5.74) is 5.03. The molecule has 0 saturated carbocycles. The molecule has 5 heteroatoms. The monoisotopic (exact) mass is 258 g/mol. The van der Waals surface area contributed by atoms with E-state index in [1.807, 2.05) is 31.2 Å². The van der Waals surface area contributed by atoms with E-state index < -0.39 is 11.5 Å². The summed E-state index contributed by atoms with van der Waals surface area (Å²) in [5.74, 6) is -1.34. The molecule has 0 heterocycles. The standard InChI is InChI=1S/C14H14N2O3/c1-9-3-2-4-11(7-9)16-15-8-10-5-6-12(17)14(19)13(10)18/h2-8,16-19H,1H3. The molecule has 0 aliphatic carbocycles. The third-order valence-electron chi connectivity index (χ3n) is 2.58. The first-order valence-corrected chi connectivity index (χ1v) is 5.67. The van der Waals surface area contributed by atoms with Crippen LogP contribution < -0.4 is 5.43 Å². The highest BCUT2D eigenvalue weighted by Crippen LogP contribution is 2.36. The summed E-state index contributed by atoms with van der Waals surface area (Å²) in [6.07, 6.45) is 1.36. The van der Waals surface area contributed by atoms with E-state index in [0.29, 0.717) is 5.56 Å². The summed E-state index contributed by atoms with van der Waals surface area (Å²) < 4.78 is 0. The molecule has 19 heavy (non-hydrogen) atoms. The Hall–Kier alpha value is -2.69. The molecular formula is C14H14N2O3. The first kappa shape index (κ1) is 12.8. The minimum atomic E-state index is -0.556. The van der Waals surface area contributed by atoms with Crippen LogP contribution in [0.2, 0.25) is 0 Å². The highest BCUT2D eigenvalue weighted by atomic mass is 16.3. The predicted molar refractivity (Wildman–Crippen MR) is 73.8 cm³/mol. The molecule has 0 aliphatic heterocycles. The quantitative estimate of drug-likeness (QED) is 0.387. The number of rotatable bonds is 3. The minimum absolute atomic E-state index is 0.301. The maximum atomic E-state index is 9.59. The van der Waals surface area contributed by atoms with E-state index in [2.05, 4.69) is 10.5 Å². The van der Waals surface area contributed by atoms with Gasteiger partial charge in [0.25, 0.3) is 0 Å². The molecule has 0 atom stereocenters. The SMILES string of the molecule is Cc1cccc(NN=Cc2ccc(O)c(O)c2O)c1. The second-order valence-electron chi connectivity index (χ2n) is 4.11. The van der Waals surface area contributed by atoms with Gasteiger partial charge in [-0.25, -0.2) is 0 Å². The Morgan fingerprint density at radius 1 is 1.05 bits per heavy atom. The van der Waals surface area contributed by atoms with Crippen molar-refractivity contribution < 1.29 is 15.3 Å². The van der Waals surface area contributed by atoms with Crippen LogP contribution in [-0.4, -0.2) is 21.5 Å². The van der Waals surface area contributed by atoms with E-state index in [4.69, 9.17) is 0 Å². The number of phenols is 3. The molecule has 0 amide bonds. The van der Waals surface area contributed by atoms with Crippen molar-refractivity contribution >= 4 is 11.9 Å². The van der Waals surface area contributed by atoms with Crippen molar-refractivity contribution in [3.05, 3.63) is 47.5 Å². The van der Waals surface area contributed by atoms with Crippen molar-refractivity contribution in [2.24, 2.45) is 5.10 Å². The Labute approximate surface area is 110 Å². The summed E-state index contributed by atoms with van der Waals surface area (Å²) in [7, 11) is 0. The van der Waals surface area contributed by atoms with Crippen LogP contribution in [0.1, 0.15) is 11.1 Å². The fourth-order valence-electron chi connectivity index (χ4n) is 1.58. The lowest BCUT2D eigenvalue weighted by Gasteiger charge is -2.04. The first-order chi connectivity index (χ1) is 9.08. The molecular weight excluding hydrogens is 244 g/mol. The Morgan fingerprint density at radius 2 is 1.84 bits per heavy atom. The maximum Gasteiger partial charge on any atom is 0.200 e. The van der Waals surface area contributed by atoms with E-state index in [0.717, 1.165) is 11.3 Å². The smallest absolute Gasteiger partial charge is 0.200 e. The van der Waals surface area contributed by atoms with Crippen LogP contribution in [0.25, 0.3) is 0 Å². The molecule has 0 fully saturated rings. The zero-order valence-electron chi connectivity index (χ0n) is 10.3. The van der Waals surface area contributed by atoms with Crippen molar-refractivity contribution in [3.63, 3.8) is 0 Å². The Morgan fingerprint density at radius 3 is 2.58 bits per heavy atom. The third kappa shape index (κ3) is 2.95. The maximum absolute atomic E-state index is 9.59. The lowest BCUT2D eigenvalue weighted by atomic mass is 10.2. The second-order valence-corrected chi connectivity index (χ2v) is 4.11. The summed E-state index contributed by atoms with van der Waals surface area (Å²) in [4.78, 5) is 0. The first-order valence-electron chi connectivity index (χ1n) is 5.67. The average molecular weight is 258 g/mol. The van der Waals surface area contributed by atoms with Gasteiger partial charge in [-0.05, 0) is 36.8 Å². The van der Waals surface area contributed by atoms with Crippen LogP contribution >= 0.6 is 0 Å². The summed E-state index contributed by atoms with van der Waals surface area (Å²) in [5, 5.41) is 32.1. The minimum Gasteiger partial charge on any atom is -0.504 e. The van der Waals surface area contributed by atoms with Crippen molar-refractivity contribution in [1.82, 2.24) is 0 Å². The second kappa shape index (κ2) is 5.30. The molecule has 4 N–H and O–H groups in total. The van der Waals surface area contributed by atoms with Crippen molar-refractivity contribution in [3.8, 4) is 17.2 Å². The number of benzene rings is 2. The molecule has 0 aromatic heterocycles. The number of nitrogens with zero attached hydrogens (tertiary/aromatic N) is 1. The zero-order valence-corrected chi connectivity index (χ0v) is 10.3. The van der Waals surface area contributed by atoms with Crippen molar-refractivity contribution in [2.45, 2.75) is 6.92 Å². The van der Waals surface area contributed by atoms with Crippen LogP contribution in [-0.2, 0) is 0 Å². The molecule has 2 aromatic rings. The Bertz CT molecular complexity index is 624. The number of hydrazone groups is 1.